The van der Waals surface area contributed by atoms with Crippen molar-refractivity contribution in [1.82, 2.24) is 0 Å². The van der Waals surface area contributed by atoms with Gasteiger partial charge in [0.05, 0.1) is 0 Å². The molecule has 0 heterocycles. The fourth-order valence-corrected chi connectivity index (χ4v) is 4.15. The average molecular weight is 264 g/mol. The first kappa shape index (κ1) is 13.3. The van der Waals surface area contributed by atoms with Crippen molar-refractivity contribution < 1.29 is 0 Å². The van der Waals surface area contributed by atoms with Crippen LogP contribution in [-0.2, 0) is 0 Å². The van der Waals surface area contributed by atoms with Gasteiger partial charge in [-0.3, -0.25) is 0 Å². The van der Waals surface area contributed by atoms with Crippen LogP contribution in [0.25, 0.3) is 0 Å². The largest absolute Gasteiger partial charge is 0.341 e. The first-order valence-electron chi connectivity index (χ1n) is 4.27. The van der Waals surface area contributed by atoms with E-state index in [0.717, 1.165) is 12.5 Å². The van der Waals surface area contributed by atoms with E-state index < -0.39 is 14.1 Å². The summed E-state index contributed by atoms with van der Waals surface area (Å²) < 4.78 is 0. The second-order valence-electron chi connectivity index (χ2n) is 4.38. The Bertz CT molecular complexity index is 110. The smallest absolute Gasteiger partial charge is 0.126 e. The quantitative estimate of drug-likeness (QED) is 0.381. The lowest BCUT2D eigenvalue weighted by Gasteiger charge is -2.15. The molecule has 0 saturated carbocycles. The summed E-state index contributed by atoms with van der Waals surface area (Å²) in [6.45, 7) is 7.12. The van der Waals surface area contributed by atoms with Crippen molar-refractivity contribution in [3.63, 3.8) is 0 Å². The fourth-order valence-electron chi connectivity index (χ4n) is 0.981. The maximum absolute atomic E-state index is 5.76. The van der Waals surface area contributed by atoms with Gasteiger partial charge in [0.1, 0.15) is 0 Å². The zero-order chi connectivity index (χ0) is 9.83. The number of unbranched alkanes of at least 4 members (excludes halogenated alkanes) is 1. The Morgan fingerprint density at radius 2 is 1.25 bits per heavy atom. The summed E-state index contributed by atoms with van der Waals surface area (Å²) in [6.07, 6.45) is 2.32. The molecule has 0 nitrogen and oxygen atoms in total. The lowest BCUT2D eigenvalue weighted by atomic mass is 10.4. The predicted octanol–water partition coefficient (Wildman–Crippen LogP) is 4.76. The minimum Gasteiger partial charge on any atom is -0.126 e. The minimum absolute atomic E-state index is 0.822. The van der Waals surface area contributed by atoms with Crippen LogP contribution < -0.4 is 0 Å². The normalized spacial score (nSPS) is 13.5. The summed E-state index contributed by atoms with van der Waals surface area (Å²) in [4.78, 5) is 0. The predicted molar refractivity (Wildman–Crippen MR) is 65.5 cm³/mol. The van der Waals surface area contributed by atoms with Gasteiger partial charge in [-0.25, -0.2) is 0 Å². The molecule has 12 heavy (non-hydrogen) atoms. The van der Waals surface area contributed by atoms with Crippen LogP contribution in [0.2, 0.25) is 31.7 Å². The Morgan fingerprint density at radius 1 is 0.833 bits per heavy atom. The molecule has 0 aromatic carbocycles. The maximum Gasteiger partial charge on any atom is 0.341 e. The van der Waals surface area contributed by atoms with Gasteiger partial charge in [0, 0.05) is 8.07 Å². The average Bonchev–Trinajstić information content (AvgIpc) is 1.76. The molecule has 0 unspecified atom stereocenters. The molecule has 0 saturated heterocycles. The van der Waals surface area contributed by atoms with Crippen molar-refractivity contribution in [3.05, 3.63) is 0 Å². The van der Waals surface area contributed by atoms with Crippen LogP contribution in [0.15, 0.2) is 0 Å². The number of hydrogen-bond donors (Lipinski definition) is 0. The monoisotopic (exact) mass is 262 g/mol. The summed E-state index contributed by atoms with van der Waals surface area (Å²) in [5.74, 6) is 0. The number of halogens is 3. The van der Waals surface area contributed by atoms with Crippen molar-refractivity contribution in [1.29, 1.82) is 0 Å². The molecule has 0 atom stereocenters. The van der Waals surface area contributed by atoms with E-state index in [1.165, 1.54) is 12.5 Å². The molecule has 0 aromatic rings. The molecule has 0 aromatic heterocycles. The van der Waals surface area contributed by atoms with Gasteiger partial charge in [-0.2, -0.15) is 0 Å². The Hall–Kier alpha value is 1.30. The third-order valence-electron chi connectivity index (χ3n) is 1.64. The Labute approximate surface area is 91.7 Å². The summed E-state index contributed by atoms with van der Waals surface area (Å²) in [5.41, 5.74) is 0. The number of rotatable bonds is 5. The Balaban J connectivity index is 3.35. The van der Waals surface area contributed by atoms with E-state index in [1.807, 2.05) is 0 Å². The van der Waals surface area contributed by atoms with Crippen molar-refractivity contribution in [3.8, 4) is 0 Å². The molecule has 0 fully saturated rings. The molecule has 74 valence electrons. The van der Waals surface area contributed by atoms with Crippen LogP contribution in [0, 0.1) is 0 Å². The lowest BCUT2D eigenvalue weighted by molar-refractivity contribution is 0.863. The molecule has 0 N–H and O–H groups in total. The van der Waals surface area contributed by atoms with E-state index in [9.17, 15) is 0 Å². The SMILES string of the molecule is C[Si](C)(C)CCCC[Si](Cl)(Cl)Cl. The first-order valence-corrected chi connectivity index (χ1v) is 13.2. The molecular formula is C7H17Cl3Si2. The summed E-state index contributed by atoms with van der Waals surface area (Å²) in [7, 11) is -0.867. The zero-order valence-electron chi connectivity index (χ0n) is 7.96. The van der Waals surface area contributed by atoms with Gasteiger partial charge >= 0.3 is 6.00 Å². The van der Waals surface area contributed by atoms with E-state index in [1.54, 1.807) is 0 Å². The van der Waals surface area contributed by atoms with Gasteiger partial charge in [0.15, 0.2) is 0 Å². The highest BCUT2D eigenvalue weighted by Crippen LogP contribution is 2.28. The van der Waals surface area contributed by atoms with Gasteiger partial charge in [-0.1, -0.05) is 38.5 Å². The highest BCUT2D eigenvalue weighted by molar-refractivity contribution is 7.64. The van der Waals surface area contributed by atoms with Crippen LogP contribution in [0.1, 0.15) is 12.8 Å². The van der Waals surface area contributed by atoms with Gasteiger partial charge in [-0.15, -0.1) is 33.2 Å². The minimum atomic E-state index is -2.32. The summed E-state index contributed by atoms with van der Waals surface area (Å²) in [6, 6.07) is -0.151. The topological polar surface area (TPSA) is 0 Å². The van der Waals surface area contributed by atoms with E-state index >= 15 is 0 Å². The molecule has 0 aliphatic rings. The van der Waals surface area contributed by atoms with Gasteiger partial charge in [0.2, 0.25) is 0 Å². The lowest BCUT2D eigenvalue weighted by Crippen LogP contribution is -2.19. The zero-order valence-corrected chi connectivity index (χ0v) is 12.2. The van der Waals surface area contributed by atoms with Crippen molar-refractivity contribution in [2.75, 3.05) is 0 Å². The second kappa shape index (κ2) is 5.25. The Kier molecular flexibility index (Phi) is 5.82. The first-order chi connectivity index (χ1) is 5.21. The van der Waals surface area contributed by atoms with E-state index in [-0.39, 0.29) is 0 Å². The summed E-state index contributed by atoms with van der Waals surface area (Å²) in [5, 5.41) is 0. The van der Waals surface area contributed by atoms with Crippen molar-refractivity contribution in [2.24, 2.45) is 0 Å². The molecule has 0 radical (unpaired) electrons. The molecule has 0 aliphatic heterocycles. The van der Waals surface area contributed by atoms with Crippen LogP contribution in [-0.4, -0.2) is 14.1 Å². The van der Waals surface area contributed by atoms with Crippen molar-refractivity contribution in [2.45, 2.75) is 44.6 Å². The standard InChI is InChI=1S/C7H17Cl3Si2/c1-11(2,3)6-4-5-7-12(8,9)10/h4-7H2,1-3H3. The highest BCUT2D eigenvalue weighted by Gasteiger charge is 2.24. The highest BCUT2D eigenvalue weighted by atomic mass is 35.8. The van der Waals surface area contributed by atoms with Crippen LogP contribution in [0.5, 0.6) is 0 Å². The van der Waals surface area contributed by atoms with E-state index in [4.69, 9.17) is 33.2 Å². The van der Waals surface area contributed by atoms with Gasteiger partial charge < -0.3 is 0 Å². The van der Waals surface area contributed by atoms with Gasteiger partial charge in [-0.05, 0) is 6.04 Å². The third kappa shape index (κ3) is 11.3. The molecule has 0 rings (SSSR count). The Morgan fingerprint density at radius 3 is 1.58 bits per heavy atom. The molecule has 0 bridgehead atoms. The van der Waals surface area contributed by atoms with Crippen LogP contribution in [0.3, 0.4) is 0 Å². The van der Waals surface area contributed by atoms with Crippen LogP contribution >= 0.6 is 33.2 Å². The number of hydrogen-bond acceptors (Lipinski definition) is 0. The maximum atomic E-state index is 5.76. The second-order valence-corrected chi connectivity index (χ2v) is 19.3. The molecular weight excluding hydrogens is 247 g/mol. The third-order valence-corrected chi connectivity index (χ3v) is 6.11. The molecule has 0 aliphatic carbocycles. The van der Waals surface area contributed by atoms with Crippen LogP contribution in [0.4, 0.5) is 0 Å². The van der Waals surface area contributed by atoms with E-state index in [0.29, 0.717) is 0 Å². The fraction of sp³-hybridized carbons (Fsp3) is 1.00. The summed E-state index contributed by atoms with van der Waals surface area (Å²) >= 11 is 17.3. The van der Waals surface area contributed by atoms with Crippen molar-refractivity contribution >= 4 is 47.3 Å². The molecule has 0 amide bonds. The molecule has 5 heteroatoms. The molecule has 0 spiro atoms. The van der Waals surface area contributed by atoms with Gasteiger partial charge in [0.25, 0.3) is 0 Å². The van der Waals surface area contributed by atoms with E-state index in [2.05, 4.69) is 19.6 Å².